The van der Waals surface area contributed by atoms with E-state index in [0.29, 0.717) is 5.56 Å². The summed E-state index contributed by atoms with van der Waals surface area (Å²) in [5.41, 5.74) is 6.14. The maximum absolute atomic E-state index is 12.8. The molecule has 0 bridgehead atoms. The summed E-state index contributed by atoms with van der Waals surface area (Å²) >= 11 is 6.08. The lowest BCUT2D eigenvalue weighted by molar-refractivity contribution is -0.384. The molecule has 2 N–H and O–H groups in total. The zero-order chi connectivity index (χ0) is 21.9. The van der Waals surface area contributed by atoms with E-state index >= 15 is 0 Å². The molecule has 0 spiro atoms. The number of rotatable bonds is 5. The van der Waals surface area contributed by atoms with Crippen molar-refractivity contribution in [2.45, 2.75) is 52.6 Å². The maximum atomic E-state index is 12.8. The standard InChI is InChI=1S/C19H24ClN5O4/c1-6-11(2)24(19(3,4)5)18(26)29-16-10-15(22-23-17(16)20)13-8-7-12(25(27)28)9-14(13)21/h7-11H,6,21H2,1-5H3. The molecule has 1 atom stereocenters. The van der Waals surface area contributed by atoms with Gasteiger partial charge in [-0.2, -0.15) is 0 Å². The molecule has 0 saturated heterocycles. The summed E-state index contributed by atoms with van der Waals surface area (Å²) in [6.45, 7) is 9.65. The van der Waals surface area contributed by atoms with Crippen LogP contribution in [0.5, 0.6) is 5.75 Å². The molecule has 0 aliphatic carbocycles. The highest BCUT2D eigenvalue weighted by Gasteiger charge is 2.32. The Hall–Kier alpha value is -2.94. The highest BCUT2D eigenvalue weighted by molar-refractivity contribution is 6.30. The molecule has 0 fully saturated rings. The van der Waals surface area contributed by atoms with E-state index in [0.717, 1.165) is 6.42 Å². The first-order valence-electron chi connectivity index (χ1n) is 9.04. The van der Waals surface area contributed by atoms with Crippen molar-refractivity contribution in [3.8, 4) is 17.0 Å². The second-order valence-electron chi connectivity index (χ2n) is 7.58. The van der Waals surface area contributed by atoms with Crippen molar-refractivity contribution < 1.29 is 14.5 Å². The van der Waals surface area contributed by atoms with E-state index in [4.69, 9.17) is 22.1 Å². The Morgan fingerprint density at radius 3 is 2.52 bits per heavy atom. The van der Waals surface area contributed by atoms with Crippen LogP contribution in [0.15, 0.2) is 24.3 Å². The van der Waals surface area contributed by atoms with Gasteiger partial charge in [0, 0.05) is 41.0 Å². The Morgan fingerprint density at radius 1 is 1.34 bits per heavy atom. The molecular formula is C19H24ClN5O4. The summed E-state index contributed by atoms with van der Waals surface area (Å²) in [4.78, 5) is 24.8. The Morgan fingerprint density at radius 2 is 2.00 bits per heavy atom. The first-order valence-corrected chi connectivity index (χ1v) is 9.42. The Kier molecular flexibility index (Phi) is 6.63. The van der Waals surface area contributed by atoms with Gasteiger partial charge in [-0.3, -0.25) is 10.1 Å². The van der Waals surface area contributed by atoms with Crippen LogP contribution in [0.4, 0.5) is 16.2 Å². The molecule has 156 valence electrons. The molecule has 1 aromatic heterocycles. The molecule has 10 heteroatoms. The second kappa shape index (κ2) is 8.60. The number of non-ortho nitro benzene ring substituents is 1. The quantitative estimate of drug-likeness (QED) is 0.421. The molecule has 0 aliphatic rings. The number of nitrogens with two attached hydrogens (primary N) is 1. The predicted molar refractivity (Wildman–Crippen MR) is 111 cm³/mol. The number of hydrogen-bond donors (Lipinski definition) is 1. The van der Waals surface area contributed by atoms with E-state index in [1.54, 1.807) is 4.90 Å². The van der Waals surface area contributed by atoms with E-state index in [1.807, 2.05) is 34.6 Å². The molecule has 29 heavy (non-hydrogen) atoms. The number of nitrogens with zero attached hydrogens (tertiary/aromatic N) is 4. The lowest BCUT2D eigenvalue weighted by atomic mass is 10.0. The number of carbonyl (C=O) groups excluding carboxylic acids is 1. The Balaban J connectivity index is 2.39. The summed E-state index contributed by atoms with van der Waals surface area (Å²) in [5, 5.41) is 18.6. The normalized spacial score (nSPS) is 12.3. The fourth-order valence-corrected chi connectivity index (χ4v) is 3.03. The first-order chi connectivity index (χ1) is 13.5. The Bertz CT molecular complexity index is 929. The molecule has 0 radical (unpaired) electrons. The van der Waals surface area contributed by atoms with E-state index in [1.165, 1.54) is 24.3 Å². The zero-order valence-corrected chi connectivity index (χ0v) is 17.7. The van der Waals surface area contributed by atoms with Crippen LogP contribution in [0.25, 0.3) is 11.3 Å². The smallest absolute Gasteiger partial charge is 0.407 e. The highest BCUT2D eigenvalue weighted by atomic mass is 35.5. The van der Waals surface area contributed by atoms with Crippen molar-refractivity contribution in [2.24, 2.45) is 0 Å². The SMILES string of the molecule is CCC(C)N(C(=O)Oc1cc(-c2ccc([N+](=O)[O-])cc2N)nnc1Cl)C(C)(C)C. The van der Waals surface area contributed by atoms with Gasteiger partial charge in [-0.05, 0) is 40.2 Å². The number of benzene rings is 1. The number of anilines is 1. The summed E-state index contributed by atoms with van der Waals surface area (Å²) in [6.07, 6.45) is 0.184. The largest absolute Gasteiger partial charge is 0.416 e. The molecule has 1 aromatic carbocycles. The zero-order valence-electron chi connectivity index (χ0n) is 17.0. The number of nitro benzene ring substituents is 1. The predicted octanol–water partition coefficient (Wildman–Crippen LogP) is 4.69. The van der Waals surface area contributed by atoms with Crippen LogP contribution < -0.4 is 10.5 Å². The molecular weight excluding hydrogens is 398 g/mol. The van der Waals surface area contributed by atoms with Crippen LogP contribution in [0.2, 0.25) is 5.15 Å². The van der Waals surface area contributed by atoms with Crippen LogP contribution >= 0.6 is 11.6 Å². The van der Waals surface area contributed by atoms with Gasteiger partial charge in [0.05, 0.1) is 10.6 Å². The van der Waals surface area contributed by atoms with Crippen molar-refractivity contribution >= 4 is 29.1 Å². The van der Waals surface area contributed by atoms with E-state index in [9.17, 15) is 14.9 Å². The number of carbonyl (C=O) groups is 1. The van der Waals surface area contributed by atoms with Gasteiger partial charge in [0.2, 0.25) is 0 Å². The van der Waals surface area contributed by atoms with Crippen molar-refractivity contribution in [2.75, 3.05) is 5.73 Å². The van der Waals surface area contributed by atoms with Gasteiger partial charge >= 0.3 is 6.09 Å². The number of nitro groups is 1. The maximum Gasteiger partial charge on any atom is 0.416 e. The molecule has 2 aromatic rings. The van der Waals surface area contributed by atoms with Crippen molar-refractivity contribution in [1.82, 2.24) is 15.1 Å². The second-order valence-corrected chi connectivity index (χ2v) is 7.94. The number of ether oxygens (including phenoxy) is 1. The van der Waals surface area contributed by atoms with Gasteiger partial charge in [-0.25, -0.2) is 4.79 Å². The van der Waals surface area contributed by atoms with Crippen molar-refractivity contribution in [1.29, 1.82) is 0 Å². The molecule has 1 amide bonds. The van der Waals surface area contributed by atoms with Gasteiger partial charge in [0.25, 0.3) is 5.69 Å². The van der Waals surface area contributed by atoms with E-state index in [2.05, 4.69) is 10.2 Å². The van der Waals surface area contributed by atoms with Crippen LogP contribution in [0.3, 0.4) is 0 Å². The third-order valence-electron chi connectivity index (χ3n) is 4.39. The van der Waals surface area contributed by atoms with Crippen LogP contribution in [0.1, 0.15) is 41.0 Å². The summed E-state index contributed by atoms with van der Waals surface area (Å²) in [7, 11) is 0. The van der Waals surface area contributed by atoms with Crippen LogP contribution in [0, 0.1) is 10.1 Å². The van der Waals surface area contributed by atoms with E-state index < -0.39 is 16.6 Å². The van der Waals surface area contributed by atoms with Crippen molar-refractivity contribution in [3.63, 3.8) is 0 Å². The lowest BCUT2D eigenvalue weighted by Crippen LogP contribution is -2.51. The minimum Gasteiger partial charge on any atom is -0.407 e. The number of aromatic nitrogens is 2. The topological polar surface area (TPSA) is 124 Å². The van der Waals surface area contributed by atoms with Gasteiger partial charge in [0.1, 0.15) is 0 Å². The fraction of sp³-hybridized carbons (Fsp3) is 0.421. The first kappa shape index (κ1) is 22.4. The molecule has 9 nitrogen and oxygen atoms in total. The minimum atomic E-state index is -0.565. The summed E-state index contributed by atoms with van der Waals surface area (Å²) in [5.74, 6) is 0.0250. The molecule has 1 unspecified atom stereocenters. The summed E-state index contributed by atoms with van der Waals surface area (Å²) < 4.78 is 5.52. The lowest BCUT2D eigenvalue weighted by Gasteiger charge is -2.39. The van der Waals surface area contributed by atoms with Gasteiger partial charge in [-0.15, -0.1) is 10.2 Å². The average Bonchev–Trinajstić information content (AvgIpc) is 2.62. The number of hydrogen-bond acceptors (Lipinski definition) is 7. The van der Waals surface area contributed by atoms with Crippen molar-refractivity contribution in [3.05, 3.63) is 39.5 Å². The van der Waals surface area contributed by atoms with Gasteiger partial charge in [0.15, 0.2) is 10.9 Å². The number of halogens is 1. The molecule has 1 heterocycles. The highest BCUT2D eigenvalue weighted by Crippen LogP contribution is 2.32. The van der Waals surface area contributed by atoms with Gasteiger partial charge < -0.3 is 15.4 Å². The molecule has 0 aliphatic heterocycles. The van der Waals surface area contributed by atoms with Crippen LogP contribution in [-0.4, -0.2) is 37.7 Å². The summed E-state index contributed by atoms with van der Waals surface area (Å²) in [6, 6.07) is 5.36. The average molecular weight is 422 g/mol. The monoisotopic (exact) mass is 421 g/mol. The molecule has 2 rings (SSSR count). The van der Waals surface area contributed by atoms with Crippen LogP contribution in [-0.2, 0) is 0 Å². The van der Waals surface area contributed by atoms with E-state index in [-0.39, 0.29) is 34.0 Å². The number of nitrogen functional groups attached to an aromatic ring is 1. The van der Waals surface area contributed by atoms with Gasteiger partial charge in [-0.1, -0.05) is 18.5 Å². The Labute approximate surface area is 174 Å². The molecule has 0 saturated carbocycles. The fourth-order valence-electron chi connectivity index (χ4n) is 2.90. The third-order valence-corrected chi connectivity index (χ3v) is 4.65. The number of amides is 1. The minimum absolute atomic E-state index is 0.0250. The third kappa shape index (κ3) is 5.11.